The van der Waals surface area contributed by atoms with Crippen LogP contribution in [0.2, 0.25) is 0 Å². The SMILES string of the molecule is C[C@H]1Oc2nc(cnc2N)-c2c(nn(C)c2C#N)CN2C(=O)C(C)(C)C=C2c2ccc(F)cc21. The van der Waals surface area contributed by atoms with Gasteiger partial charge in [0.15, 0.2) is 5.82 Å². The molecule has 1 aromatic carbocycles. The lowest BCUT2D eigenvalue weighted by Gasteiger charge is -2.26. The molecule has 0 radical (unpaired) electrons. The van der Waals surface area contributed by atoms with Crippen molar-refractivity contribution in [1.29, 1.82) is 5.26 Å². The summed E-state index contributed by atoms with van der Waals surface area (Å²) in [4.78, 5) is 23.8. The van der Waals surface area contributed by atoms with E-state index in [1.807, 2.05) is 19.9 Å². The van der Waals surface area contributed by atoms with E-state index in [-0.39, 0.29) is 29.8 Å². The van der Waals surface area contributed by atoms with Gasteiger partial charge in [0.1, 0.15) is 23.7 Å². The van der Waals surface area contributed by atoms with Gasteiger partial charge in [-0.1, -0.05) is 0 Å². The van der Waals surface area contributed by atoms with Gasteiger partial charge in [-0.25, -0.2) is 14.4 Å². The molecule has 4 heterocycles. The van der Waals surface area contributed by atoms with Crippen LogP contribution in [0, 0.1) is 22.6 Å². The fourth-order valence-electron chi connectivity index (χ4n) is 4.48. The lowest BCUT2D eigenvalue weighted by atomic mass is 9.93. The summed E-state index contributed by atoms with van der Waals surface area (Å²) in [6.07, 6.45) is 2.65. The summed E-state index contributed by atoms with van der Waals surface area (Å²) < 4.78 is 21.8. The largest absolute Gasteiger partial charge is 0.467 e. The fourth-order valence-corrected chi connectivity index (χ4v) is 4.48. The molecule has 2 bridgehead atoms. The zero-order valence-corrected chi connectivity index (χ0v) is 19.1. The first-order valence-corrected chi connectivity index (χ1v) is 10.7. The number of fused-ring (bicyclic) bond motifs is 7. The number of nitrogens with zero attached hydrogens (tertiary/aromatic N) is 6. The lowest BCUT2D eigenvalue weighted by molar-refractivity contribution is -0.133. The number of hydrogen-bond donors (Lipinski definition) is 1. The molecule has 2 aromatic heterocycles. The monoisotopic (exact) mass is 459 g/mol. The second kappa shape index (κ2) is 7.38. The van der Waals surface area contributed by atoms with E-state index < -0.39 is 17.3 Å². The van der Waals surface area contributed by atoms with E-state index >= 15 is 0 Å². The highest BCUT2D eigenvalue weighted by Crippen LogP contribution is 2.42. The number of ether oxygens (including phenoxy) is 1. The highest BCUT2D eigenvalue weighted by molar-refractivity contribution is 5.98. The van der Waals surface area contributed by atoms with Crippen LogP contribution in [0.25, 0.3) is 17.0 Å². The number of amides is 1. The summed E-state index contributed by atoms with van der Waals surface area (Å²) >= 11 is 0. The zero-order valence-electron chi connectivity index (χ0n) is 19.1. The molecule has 0 aliphatic carbocycles. The Hall–Kier alpha value is -4.26. The van der Waals surface area contributed by atoms with Gasteiger partial charge < -0.3 is 15.4 Å². The number of halogens is 1. The summed E-state index contributed by atoms with van der Waals surface area (Å²) in [6, 6.07) is 6.52. The summed E-state index contributed by atoms with van der Waals surface area (Å²) in [6.45, 7) is 5.49. The van der Waals surface area contributed by atoms with E-state index in [0.717, 1.165) is 0 Å². The molecule has 2 aliphatic heterocycles. The summed E-state index contributed by atoms with van der Waals surface area (Å²) in [5, 5.41) is 14.3. The quantitative estimate of drug-likeness (QED) is 0.547. The van der Waals surface area contributed by atoms with E-state index in [2.05, 4.69) is 21.1 Å². The van der Waals surface area contributed by atoms with E-state index in [4.69, 9.17) is 10.5 Å². The van der Waals surface area contributed by atoms with Crippen LogP contribution in [0.3, 0.4) is 0 Å². The van der Waals surface area contributed by atoms with Gasteiger partial charge in [-0.15, -0.1) is 0 Å². The first-order chi connectivity index (χ1) is 16.1. The molecule has 2 N–H and O–H groups in total. The van der Waals surface area contributed by atoms with Crippen LogP contribution in [-0.2, 0) is 18.4 Å². The maximum atomic E-state index is 14.3. The molecular weight excluding hydrogens is 437 g/mol. The number of anilines is 1. The lowest BCUT2D eigenvalue weighted by Crippen LogP contribution is -2.32. The van der Waals surface area contributed by atoms with E-state index in [1.165, 1.54) is 23.0 Å². The molecular formula is C24H22FN7O2. The Kier molecular flexibility index (Phi) is 4.68. The average molecular weight is 459 g/mol. The first-order valence-electron chi connectivity index (χ1n) is 10.7. The molecule has 34 heavy (non-hydrogen) atoms. The normalized spacial score (nSPS) is 18.5. The minimum atomic E-state index is -0.792. The average Bonchev–Trinajstić information content (AvgIpc) is 3.22. The second-order valence-electron chi connectivity index (χ2n) is 8.99. The Morgan fingerprint density at radius 2 is 2.12 bits per heavy atom. The van der Waals surface area contributed by atoms with Gasteiger partial charge in [-0.3, -0.25) is 9.48 Å². The standard InChI is InChI=1S/C24H22FN7O2/c1-12-15-7-13(25)5-6-14(15)18-8-24(2,3)23(33)32(18)11-17-20(19(9-26)31(4)30-17)16-10-28-21(27)22(29-16)34-12/h5-8,10,12H,11H2,1-4H3,(H2,27,28)/t12-/m1/s1. The highest BCUT2D eigenvalue weighted by Gasteiger charge is 2.41. The highest BCUT2D eigenvalue weighted by atomic mass is 19.1. The van der Waals surface area contributed by atoms with Gasteiger partial charge in [-0.05, 0) is 45.0 Å². The number of aryl methyl sites for hydroxylation is 1. The van der Waals surface area contributed by atoms with Crippen LogP contribution in [0.15, 0.2) is 30.5 Å². The second-order valence-corrected chi connectivity index (χ2v) is 8.99. The molecule has 0 spiro atoms. The number of nitrogens with two attached hydrogens (primary N) is 1. The number of benzene rings is 1. The Bertz CT molecular complexity index is 1430. The van der Waals surface area contributed by atoms with Gasteiger partial charge in [0.2, 0.25) is 5.91 Å². The van der Waals surface area contributed by atoms with Crippen molar-refractivity contribution in [1.82, 2.24) is 24.6 Å². The third-order valence-electron chi connectivity index (χ3n) is 6.16. The Morgan fingerprint density at radius 3 is 2.85 bits per heavy atom. The van der Waals surface area contributed by atoms with Crippen molar-refractivity contribution in [3.8, 4) is 23.2 Å². The van der Waals surface area contributed by atoms with Crippen LogP contribution < -0.4 is 10.5 Å². The van der Waals surface area contributed by atoms with Gasteiger partial charge in [-0.2, -0.15) is 10.4 Å². The predicted molar refractivity (Wildman–Crippen MR) is 121 cm³/mol. The topological polar surface area (TPSA) is 123 Å². The van der Waals surface area contributed by atoms with Crippen LogP contribution >= 0.6 is 0 Å². The maximum Gasteiger partial charge on any atom is 0.258 e. The van der Waals surface area contributed by atoms with Gasteiger partial charge in [0, 0.05) is 23.9 Å². The molecule has 2 aliphatic rings. The van der Waals surface area contributed by atoms with Crippen molar-refractivity contribution in [2.24, 2.45) is 12.5 Å². The molecule has 9 nitrogen and oxygen atoms in total. The van der Waals surface area contributed by atoms with Crippen LogP contribution in [0.5, 0.6) is 5.88 Å². The van der Waals surface area contributed by atoms with Crippen molar-refractivity contribution < 1.29 is 13.9 Å². The van der Waals surface area contributed by atoms with Crippen molar-refractivity contribution in [3.05, 3.63) is 58.8 Å². The summed E-state index contributed by atoms with van der Waals surface area (Å²) in [5.41, 5.74) is 8.58. The van der Waals surface area contributed by atoms with Gasteiger partial charge in [0.05, 0.1) is 35.1 Å². The van der Waals surface area contributed by atoms with Crippen LogP contribution in [0.1, 0.15) is 49.4 Å². The Balaban J connectivity index is 1.82. The van der Waals surface area contributed by atoms with Gasteiger partial charge >= 0.3 is 0 Å². The number of rotatable bonds is 0. The molecule has 0 saturated carbocycles. The maximum absolute atomic E-state index is 14.3. The van der Waals surface area contributed by atoms with Gasteiger partial charge in [0.25, 0.3) is 5.88 Å². The molecule has 5 rings (SSSR count). The number of nitrogen functional groups attached to an aromatic ring is 1. The van der Waals surface area contributed by atoms with Crippen molar-refractivity contribution in [2.45, 2.75) is 33.4 Å². The summed E-state index contributed by atoms with van der Waals surface area (Å²) in [5.74, 6) is -0.446. The molecule has 172 valence electrons. The van der Waals surface area contributed by atoms with E-state index in [1.54, 1.807) is 24.9 Å². The molecule has 0 unspecified atom stereocenters. The number of carbonyl (C=O) groups is 1. The summed E-state index contributed by atoms with van der Waals surface area (Å²) in [7, 11) is 1.65. The zero-order chi connectivity index (χ0) is 24.4. The molecule has 3 aromatic rings. The third kappa shape index (κ3) is 3.20. The predicted octanol–water partition coefficient (Wildman–Crippen LogP) is 3.33. The van der Waals surface area contributed by atoms with Crippen LogP contribution in [-0.4, -0.2) is 30.6 Å². The van der Waals surface area contributed by atoms with Crippen molar-refractivity contribution >= 4 is 17.4 Å². The Labute approximate surface area is 195 Å². The first kappa shape index (κ1) is 21.6. The molecule has 1 amide bonds. The van der Waals surface area contributed by atoms with Crippen molar-refractivity contribution in [3.63, 3.8) is 0 Å². The fraction of sp³-hybridized carbons (Fsp3) is 0.292. The third-order valence-corrected chi connectivity index (χ3v) is 6.16. The molecule has 0 fully saturated rings. The van der Waals surface area contributed by atoms with E-state index in [9.17, 15) is 14.4 Å². The van der Waals surface area contributed by atoms with Crippen molar-refractivity contribution in [2.75, 3.05) is 5.73 Å². The number of nitriles is 1. The van der Waals surface area contributed by atoms with E-state index in [0.29, 0.717) is 33.8 Å². The minimum Gasteiger partial charge on any atom is -0.467 e. The Morgan fingerprint density at radius 1 is 1.35 bits per heavy atom. The van der Waals surface area contributed by atoms with Crippen LogP contribution in [0.4, 0.5) is 10.2 Å². The molecule has 1 atom stereocenters. The minimum absolute atomic E-state index is 0.0626. The molecule has 10 heteroatoms. The smallest absolute Gasteiger partial charge is 0.258 e. The molecule has 0 saturated heterocycles. The number of carbonyl (C=O) groups excluding carboxylic acids is 1. The number of hydrogen-bond acceptors (Lipinski definition) is 7. The number of aromatic nitrogens is 4.